The zero-order chi connectivity index (χ0) is 19.6. The van der Waals surface area contributed by atoms with E-state index in [-0.39, 0.29) is 0 Å². The van der Waals surface area contributed by atoms with Gasteiger partial charge in [-0.2, -0.15) is 0 Å². The van der Waals surface area contributed by atoms with Crippen molar-refractivity contribution in [1.29, 1.82) is 0 Å². The van der Waals surface area contributed by atoms with Crippen LogP contribution in [0.2, 0.25) is 5.02 Å². The molecular weight excluding hydrogens is 370 g/mol. The van der Waals surface area contributed by atoms with Crippen LogP contribution in [0.1, 0.15) is 12.5 Å². The minimum absolute atomic E-state index is 0.396. The summed E-state index contributed by atoms with van der Waals surface area (Å²) < 4.78 is 15.6. The fourth-order valence-electron chi connectivity index (χ4n) is 2.21. The van der Waals surface area contributed by atoms with Crippen LogP contribution in [0.5, 0.6) is 11.5 Å². The number of carbonyl (C=O) groups excluding carboxylic acids is 2. The lowest BCUT2D eigenvalue weighted by molar-refractivity contribution is -0.142. The number of amides is 1. The predicted molar refractivity (Wildman–Crippen MR) is 104 cm³/mol. The molecule has 2 aromatic carbocycles. The molecule has 0 aliphatic heterocycles. The largest absolute Gasteiger partial charge is 0.495 e. The molecule has 2 aromatic rings. The number of ether oxygens (including phenoxy) is 3. The van der Waals surface area contributed by atoms with Gasteiger partial charge in [0.05, 0.1) is 19.4 Å². The molecule has 142 valence electrons. The summed E-state index contributed by atoms with van der Waals surface area (Å²) in [5.74, 6) is -0.0390. The topological polar surface area (TPSA) is 73.9 Å². The number of rotatable bonds is 8. The molecule has 0 saturated carbocycles. The molecule has 1 N–H and O–H groups in total. The van der Waals surface area contributed by atoms with Gasteiger partial charge in [0.2, 0.25) is 0 Å². The molecule has 0 radical (unpaired) electrons. The van der Waals surface area contributed by atoms with E-state index in [0.29, 0.717) is 28.8 Å². The van der Waals surface area contributed by atoms with Crippen LogP contribution in [-0.4, -0.2) is 32.2 Å². The smallest absolute Gasteiger partial charge is 0.331 e. The van der Waals surface area contributed by atoms with Crippen LogP contribution >= 0.6 is 11.6 Å². The summed E-state index contributed by atoms with van der Waals surface area (Å²) in [4.78, 5) is 23.8. The lowest BCUT2D eigenvalue weighted by Gasteiger charge is -2.10. The summed E-state index contributed by atoms with van der Waals surface area (Å²) in [6.45, 7) is 1.96. The predicted octanol–water partition coefficient (Wildman–Crippen LogP) is 3.94. The maximum absolute atomic E-state index is 12.0. The first-order chi connectivity index (χ1) is 13.0. The highest BCUT2D eigenvalue weighted by atomic mass is 35.5. The summed E-state index contributed by atoms with van der Waals surface area (Å²) in [6, 6.07) is 12.1. The van der Waals surface area contributed by atoms with Crippen molar-refractivity contribution in [2.45, 2.75) is 6.92 Å². The van der Waals surface area contributed by atoms with Crippen molar-refractivity contribution in [3.05, 3.63) is 59.1 Å². The summed E-state index contributed by atoms with van der Waals surface area (Å²) in [5, 5.41) is 3.03. The Morgan fingerprint density at radius 2 is 1.93 bits per heavy atom. The fraction of sp³-hybridized carbons (Fsp3) is 0.200. The van der Waals surface area contributed by atoms with Crippen LogP contribution in [0.4, 0.5) is 5.69 Å². The number of methoxy groups -OCH3 is 1. The third-order valence-electron chi connectivity index (χ3n) is 3.40. The van der Waals surface area contributed by atoms with Crippen molar-refractivity contribution in [1.82, 2.24) is 0 Å². The Balaban J connectivity index is 1.90. The number of nitrogens with one attached hydrogen (secondary N) is 1. The van der Waals surface area contributed by atoms with E-state index in [9.17, 15) is 9.59 Å². The van der Waals surface area contributed by atoms with Gasteiger partial charge in [0.1, 0.15) is 11.5 Å². The van der Waals surface area contributed by atoms with Crippen LogP contribution in [0.25, 0.3) is 6.08 Å². The zero-order valence-corrected chi connectivity index (χ0v) is 15.8. The number of hydrogen-bond acceptors (Lipinski definition) is 5. The SMILES string of the molecule is CCOc1ccccc1/C=C/C(=O)OCC(=O)Nc1cc(Cl)ccc1OC. The second-order valence-electron chi connectivity index (χ2n) is 5.30. The first-order valence-corrected chi connectivity index (χ1v) is 8.61. The summed E-state index contributed by atoms with van der Waals surface area (Å²) in [5.41, 5.74) is 1.14. The van der Waals surface area contributed by atoms with E-state index in [0.717, 1.165) is 5.56 Å². The van der Waals surface area contributed by atoms with Crippen molar-refractivity contribution < 1.29 is 23.8 Å². The second kappa shape index (κ2) is 10.2. The van der Waals surface area contributed by atoms with Gasteiger partial charge in [-0.25, -0.2) is 4.79 Å². The molecule has 0 aliphatic carbocycles. The van der Waals surface area contributed by atoms with E-state index in [1.54, 1.807) is 30.3 Å². The molecule has 0 heterocycles. The second-order valence-corrected chi connectivity index (χ2v) is 5.74. The Morgan fingerprint density at radius 3 is 2.67 bits per heavy atom. The van der Waals surface area contributed by atoms with E-state index >= 15 is 0 Å². The molecule has 2 rings (SSSR count). The Morgan fingerprint density at radius 1 is 1.15 bits per heavy atom. The van der Waals surface area contributed by atoms with Gasteiger partial charge in [0.25, 0.3) is 5.91 Å². The molecule has 6 nitrogen and oxygen atoms in total. The van der Waals surface area contributed by atoms with Crippen LogP contribution in [0.3, 0.4) is 0 Å². The summed E-state index contributed by atoms with van der Waals surface area (Å²) >= 11 is 5.91. The number of carbonyl (C=O) groups is 2. The van der Waals surface area contributed by atoms with Crippen LogP contribution in [0.15, 0.2) is 48.5 Å². The van der Waals surface area contributed by atoms with Gasteiger partial charge in [-0.05, 0) is 37.3 Å². The lowest BCUT2D eigenvalue weighted by atomic mass is 10.2. The number of para-hydroxylation sites is 1. The molecule has 0 bridgehead atoms. The standard InChI is InChI=1S/C20H20ClNO5/c1-3-26-17-7-5-4-6-14(17)8-11-20(24)27-13-19(23)22-16-12-15(21)9-10-18(16)25-2/h4-12H,3,13H2,1-2H3,(H,22,23)/b11-8+. The molecule has 7 heteroatoms. The van der Waals surface area contributed by atoms with Gasteiger partial charge in [-0.15, -0.1) is 0 Å². The van der Waals surface area contributed by atoms with Crippen molar-refractivity contribution in [3.8, 4) is 11.5 Å². The van der Waals surface area contributed by atoms with Crippen molar-refractivity contribution in [2.75, 3.05) is 25.6 Å². The Hall–Kier alpha value is -2.99. The van der Waals surface area contributed by atoms with Gasteiger partial charge in [-0.3, -0.25) is 4.79 Å². The van der Waals surface area contributed by atoms with E-state index in [4.69, 9.17) is 25.8 Å². The number of benzene rings is 2. The van der Waals surface area contributed by atoms with E-state index < -0.39 is 18.5 Å². The number of hydrogen-bond donors (Lipinski definition) is 1. The monoisotopic (exact) mass is 389 g/mol. The third kappa shape index (κ3) is 6.34. The van der Waals surface area contributed by atoms with Crippen LogP contribution in [-0.2, 0) is 14.3 Å². The average Bonchev–Trinajstić information content (AvgIpc) is 2.66. The highest BCUT2D eigenvalue weighted by Gasteiger charge is 2.10. The zero-order valence-electron chi connectivity index (χ0n) is 15.0. The maximum atomic E-state index is 12.0. The van der Waals surface area contributed by atoms with E-state index in [1.165, 1.54) is 13.2 Å². The molecule has 0 aliphatic rings. The summed E-state index contributed by atoms with van der Waals surface area (Å²) in [7, 11) is 1.48. The molecule has 1 amide bonds. The first-order valence-electron chi connectivity index (χ1n) is 8.23. The average molecular weight is 390 g/mol. The number of halogens is 1. The van der Waals surface area contributed by atoms with Gasteiger partial charge in [0, 0.05) is 16.7 Å². The normalized spacial score (nSPS) is 10.5. The Kier molecular flexibility index (Phi) is 7.70. The van der Waals surface area contributed by atoms with Crippen molar-refractivity contribution in [2.24, 2.45) is 0 Å². The Bertz CT molecular complexity index is 835. The van der Waals surface area contributed by atoms with E-state index in [2.05, 4.69) is 5.32 Å². The number of esters is 1. The molecule has 27 heavy (non-hydrogen) atoms. The highest BCUT2D eigenvalue weighted by molar-refractivity contribution is 6.31. The number of anilines is 1. The molecule has 0 fully saturated rings. The van der Waals surface area contributed by atoms with Gasteiger partial charge >= 0.3 is 5.97 Å². The molecule has 0 atom stereocenters. The minimum atomic E-state index is -0.644. The molecular formula is C20H20ClNO5. The maximum Gasteiger partial charge on any atom is 0.331 e. The van der Waals surface area contributed by atoms with Crippen molar-refractivity contribution >= 4 is 35.2 Å². The summed E-state index contributed by atoms with van der Waals surface area (Å²) in [6.07, 6.45) is 2.82. The third-order valence-corrected chi connectivity index (χ3v) is 3.63. The quantitative estimate of drug-likeness (QED) is 0.546. The molecule has 0 unspecified atom stereocenters. The van der Waals surface area contributed by atoms with Crippen LogP contribution < -0.4 is 14.8 Å². The Labute approximate surface area is 162 Å². The lowest BCUT2D eigenvalue weighted by Crippen LogP contribution is -2.20. The molecule has 0 saturated heterocycles. The van der Waals surface area contributed by atoms with Crippen molar-refractivity contribution in [3.63, 3.8) is 0 Å². The first kappa shape index (κ1) is 20.3. The fourth-order valence-corrected chi connectivity index (χ4v) is 2.38. The van der Waals surface area contributed by atoms with Gasteiger partial charge < -0.3 is 19.5 Å². The minimum Gasteiger partial charge on any atom is -0.495 e. The highest BCUT2D eigenvalue weighted by Crippen LogP contribution is 2.27. The van der Waals surface area contributed by atoms with E-state index in [1.807, 2.05) is 25.1 Å². The van der Waals surface area contributed by atoms with Crippen LogP contribution in [0, 0.1) is 0 Å². The van der Waals surface area contributed by atoms with Gasteiger partial charge in [-0.1, -0.05) is 29.8 Å². The van der Waals surface area contributed by atoms with Gasteiger partial charge in [0.15, 0.2) is 6.61 Å². The molecule has 0 aromatic heterocycles. The molecule has 0 spiro atoms.